The van der Waals surface area contributed by atoms with Crippen molar-refractivity contribution in [1.82, 2.24) is 14.7 Å². The van der Waals surface area contributed by atoms with E-state index in [1.165, 1.54) is 16.5 Å². The van der Waals surface area contributed by atoms with E-state index < -0.39 is 6.55 Å². The molecular weight excluding hydrogens is 332 g/mol. The number of thioether (sulfide) groups is 1. The van der Waals surface area contributed by atoms with Crippen LogP contribution in [0.1, 0.15) is 35.4 Å². The number of piperidine rings is 1. The van der Waals surface area contributed by atoms with Gasteiger partial charge in [0.2, 0.25) is 0 Å². The normalized spacial score (nSPS) is 15.9. The number of halogens is 2. The van der Waals surface area contributed by atoms with Crippen LogP contribution in [0.2, 0.25) is 0 Å². The number of likely N-dealkylation sites (tertiary alicyclic amines) is 1. The van der Waals surface area contributed by atoms with E-state index in [0.717, 1.165) is 19.0 Å². The van der Waals surface area contributed by atoms with Crippen molar-refractivity contribution in [1.29, 1.82) is 0 Å². The van der Waals surface area contributed by atoms with E-state index in [2.05, 4.69) is 24.2 Å². The Kier molecular flexibility index (Phi) is 5.18. The summed E-state index contributed by atoms with van der Waals surface area (Å²) >= 11 is 1.85. The smallest absolute Gasteiger partial charge is 0.333 e. The van der Waals surface area contributed by atoms with Crippen molar-refractivity contribution >= 4 is 17.7 Å². The molecule has 2 aromatic rings. The van der Waals surface area contributed by atoms with Gasteiger partial charge in [-0.3, -0.25) is 4.79 Å². The summed E-state index contributed by atoms with van der Waals surface area (Å²) in [6.45, 7) is 0.636. The van der Waals surface area contributed by atoms with E-state index in [1.54, 1.807) is 4.90 Å². The van der Waals surface area contributed by atoms with E-state index >= 15 is 0 Å². The van der Waals surface area contributed by atoms with E-state index in [4.69, 9.17) is 0 Å². The summed E-state index contributed by atoms with van der Waals surface area (Å²) in [5.74, 6) is -0.270. The summed E-state index contributed by atoms with van der Waals surface area (Å²) in [5.41, 5.74) is 1.35. The molecule has 0 spiro atoms. The second kappa shape index (κ2) is 7.34. The number of hydrogen-bond donors (Lipinski definition) is 0. The zero-order chi connectivity index (χ0) is 17.1. The van der Waals surface area contributed by atoms with Gasteiger partial charge in [-0.25, -0.2) is 4.68 Å². The Morgan fingerprint density at radius 1 is 1.25 bits per heavy atom. The molecule has 0 N–H and O–H groups in total. The molecule has 1 amide bonds. The monoisotopic (exact) mass is 351 g/mol. The molecule has 3 rings (SSSR count). The average molecular weight is 351 g/mol. The maximum absolute atomic E-state index is 12.5. The van der Waals surface area contributed by atoms with Crippen LogP contribution in [0.3, 0.4) is 0 Å². The molecule has 0 aliphatic carbocycles. The zero-order valence-electron chi connectivity index (χ0n) is 13.4. The minimum atomic E-state index is -2.72. The van der Waals surface area contributed by atoms with Gasteiger partial charge in [-0.1, -0.05) is 18.2 Å². The van der Waals surface area contributed by atoms with Crippen molar-refractivity contribution in [2.24, 2.45) is 0 Å². The van der Waals surface area contributed by atoms with E-state index in [1.807, 2.05) is 23.9 Å². The van der Waals surface area contributed by atoms with Gasteiger partial charge in [0.05, 0.1) is 0 Å². The molecule has 0 atom stereocenters. The van der Waals surface area contributed by atoms with Gasteiger partial charge < -0.3 is 4.90 Å². The van der Waals surface area contributed by atoms with Gasteiger partial charge in [0.15, 0.2) is 5.69 Å². The van der Waals surface area contributed by atoms with Crippen molar-refractivity contribution < 1.29 is 13.6 Å². The third-order valence-corrected chi connectivity index (χ3v) is 5.66. The van der Waals surface area contributed by atoms with E-state index in [-0.39, 0.29) is 11.6 Å². The molecule has 7 heteroatoms. The third-order valence-electron chi connectivity index (χ3n) is 4.14. The van der Waals surface area contributed by atoms with Crippen LogP contribution in [0.4, 0.5) is 8.78 Å². The largest absolute Gasteiger partial charge is 0.337 e. The number of alkyl halides is 2. The topological polar surface area (TPSA) is 38.1 Å². The highest BCUT2D eigenvalue weighted by Gasteiger charge is 2.26. The summed E-state index contributed by atoms with van der Waals surface area (Å²) in [6, 6.07) is 9.63. The highest BCUT2D eigenvalue weighted by Crippen LogP contribution is 2.32. The third kappa shape index (κ3) is 3.77. The molecule has 1 aliphatic rings. The Labute approximate surface area is 143 Å². The second-order valence-electron chi connectivity index (χ2n) is 5.83. The van der Waals surface area contributed by atoms with Crippen molar-refractivity contribution in [2.45, 2.75) is 36.5 Å². The van der Waals surface area contributed by atoms with Crippen molar-refractivity contribution in [3.63, 3.8) is 0 Å². The quantitative estimate of drug-likeness (QED) is 0.836. The lowest BCUT2D eigenvalue weighted by molar-refractivity contribution is 0.0549. The molecule has 0 saturated carbocycles. The van der Waals surface area contributed by atoms with Gasteiger partial charge in [-0.15, -0.1) is 11.8 Å². The lowest BCUT2D eigenvalue weighted by atomic mass is 10.1. The van der Waals surface area contributed by atoms with Crippen LogP contribution in [-0.2, 0) is 0 Å². The molecule has 0 unspecified atom stereocenters. The zero-order valence-corrected chi connectivity index (χ0v) is 14.2. The number of amides is 1. The van der Waals surface area contributed by atoms with Crippen LogP contribution < -0.4 is 0 Å². The molecule has 1 aromatic heterocycles. The fourth-order valence-electron chi connectivity index (χ4n) is 2.77. The van der Waals surface area contributed by atoms with Crippen molar-refractivity contribution in [3.05, 3.63) is 47.8 Å². The molecule has 2 heterocycles. The average Bonchev–Trinajstić information content (AvgIpc) is 3.07. The maximum atomic E-state index is 12.5. The molecule has 1 aromatic carbocycles. The standard InChI is InChI=1S/C17H19F2N3OS/c1-12-4-2-3-5-15(12)24-13-6-9-21(10-7-13)16(23)14-8-11-22(20-14)17(18)19/h2-5,8,11,13,17H,6-7,9-10H2,1H3. The second-order valence-corrected chi connectivity index (χ2v) is 7.18. The first-order valence-corrected chi connectivity index (χ1v) is 8.77. The van der Waals surface area contributed by atoms with Gasteiger partial charge >= 0.3 is 6.55 Å². The molecule has 1 fully saturated rings. The molecule has 24 heavy (non-hydrogen) atoms. The van der Waals surface area contributed by atoms with Crippen LogP contribution in [0.15, 0.2) is 41.4 Å². The minimum Gasteiger partial charge on any atom is -0.337 e. The summed E-state index contributed by atoms with van der Waals surface area (Å²) in [4.78, 5) is 15.3. The molecule has 4 nitrogen and oxygen atoms in total. The number of nitrogens with zero attached hydrogens (tertiary/aromatic N) is 3. The number of aryl methyl sites for hydroxylation is 1. The van der Waals surface area contributed by atoms with Gasteiger partial charge in [-0.2, -0.15) is 13.9 Å². The Morgan fingerprint density at radius 3 is 2.58 bits per heavy atom. The first kappa shape index (κ1) is 17.0. The van der Waals surface area contributed by atoms with Crippen LogP contribution >= 0.6 is 11.8 Å². The maximum Gasteiger partial charge on any atom is 0.333 e. The number of benzene rings is 1. The molecule has 1 saturated heterocycles. The number of aromatic nitrogens is 2. The van der Waals surface area contributed by atoms with E-state index in [9.17, 15) is 13.6 Å². The summed E-state index contributed by atoms with van der Waals surface area (Å²) in [7, 11) is 0. The predicted octanol–water partition coefficient (Wildman–Crippen LogP) is 3.98. The highest BCUT2D eigenvalue weighted by atomic mass is 32.2. The Balaban J connectivity index is 1.56. The van der Waals surface area contributed by atoms with Crippen LogP contribution in [0.25, 0.3) is 0 Å². The highest BCUT2D eigenvalue weighted by molar-refractivity contribution is 8.00. The summed E-state index contributed by atoms with van der Waals surface area (Å²) in [6.07, 6.45) is 2.92. The number of rotatable bonds is 4. The Morgan fingerprint density at radius 2 is 1.96 bits per heavy atom. The van der Waals surface area contributed by atoms with Crippen LogP contribution in [0.5, 0.6) is 0 Å². The fraction of sp³-hybridized carbons (Fsp3) is 0.412. The van der Waals surface area contributed by atoms with Crippen LogP contribution in [0, 0.1) is 6.92 Å². The van der Waals surface area contributed by atoms with Crippen molar-refractivity contribution in [2.75, 3.05) is 13.1 Å². The SMILES string of the molecule is Cc1ccccc1SC1CCN(C(=O)c2ccn(C(F)F)n2)CC1. The first-order valence-electron chi connectivity index (χ1n) is 7.89. The van der Waals surface area contributed by atoms with Gasteiger partial charge in [0.1, 0.15) is 0 Å². The minimum absolute atomic E-state index is 0.0836. The molecule has 1 aliphatic heterocycles. The molecule has 128 valence electrons. The first-order chi connectivity index (χ1) is 11.5. The number of carbonyl (C=O) groups excluding carboxylic acids is 1. The fourth-order valence-corrected chi connectivity index (χ4v) is 3.98. The molecule has 0 bridgehead atoms. The van der Waals surface area contributed by atoms with Gasteiger partial charge in [0, 0.05) is 29.4 Å². The van der Waals surface area contributed by atoms with Gasteiger partial charge in [-0.05, 0) is 37.5 Å². The molecular formula is C17H19F2N3OS. The number of carbonyl (C=O) groups is 1. The van der Waals surface area contributed by atoms with Crippen LogP contribution in [-0.4, -0.2) is 38.9 Å². The van der Waals surface area contributed by atoms with E-state index in [0.29, 0.717) is 23.0 Å². The lowest BCUT2D eigenvalue weighted by Crippen LogP contribution is -2.39. The Hall–Kier alpha value is -1.89. The predicted molar refractivity (Wildman–Crippen MR) is 89.4 cm³/mol. The lowest BCUT2D eigenvalue weighted by Gasteiger charge is -2.31. The molecule has 0 radical (unpaired) electrons. The number of hydrogen-bond acceptors (Lipinski definition) is 3. The summed E-state index contributed by atoms with van der Waals surface area (Å²) in [5, 5.41) is 4.12. The summed E-state index contributed by atoms with van der Waals surface area (Å²) < 4.78 is 25.6. The Bertz CT molecular complexity index is 711. The van der Waals surface area contributed by atoms with Crippen molar-refractivity contribution in [3.8, 4) is 0 Å². The van der Waals surface area contributed by atoms with Gasteiger partial charge in [0.25, 0.3) is 5.91 Å².